The summed E-state index contributed by atoms with van der Waals surface area (Å²) in [6.45, 7) is 5.31. The maximum Gasteiger partial charge on any atom is 0.191 e. The number of hydrogen-bond donors (Lipinski definition) is 2. The minimum absolute atomic E-state index is 0. The molecule has 0 saturated carbocycles. The van der Waals surface area contributed by atoms with Crippen molar-refractivity contribution in [1.82, 2.24) is 15.6 Å². The Hall–Kier alpha value is -1.68. The van der Waals surface area contributed by atoms with E-state index in [1.54, 1.807) is 24.5 Å². The number of hydrogen-bond acceptors (Lipinski definition) is 4. The predicted octanol–water partition coefficient (Wildman–Crippen LogP) is 4.42. The topological polar surface area (TPSA) is 62.5 Å². The van der Waals surface area contributed by atoms with Crippen LogP contribution in [0, 0.1) is 12.7 Å². The highest BCUT2D eigenvalue weighted by Gasteiger charge is 2.11. The first-order valence-corrected chi connectivity index (χ1v) is 9.48. The molecule has 0 aliphatic heterocycles. The van der Waals surface area contributed by atoms with Crippen LogP contribution in [-0.2, 0) is 19.4 Å². The Morgan fingerprint density at radius 3 is 2.85 bits per heavy atom. The van der Waals surface area contributed by atoms with E-state index >= 15 is 0 Å². The normalized spacial score (nSPS) is 11.5. The van der Waals surface area contributed by atoms with Crippen LogP contribution in [0.3, 0.4) is 0 Å². The van der Waals surface area contributed by atoms with Crippen LogP contribution < -0.4 is 10.6 Å². The van der Waals surface area contributed by atoms with Gasteiger partial charge in [-0.3, -0.25) is 4.99 Å². The number of guanidine groups is 1. The molecule has 8 heteroatoms. The van der Waals surface area contributed by atoms with Crippen molar-refractivity contribution in [1.29, 1.82) is 0 Å². The molecule has 0 amide bonds. The fourth-order valence-corrected chi connectivity index (χ4v) is 3.57. The number of halogens is 2. The molecule has 0 bridgehead atoms. The van der Waals surface area contributed by atoms with Crippen molar-refractivity contribution < 1.29 is 8.81 Å². The summed E-state index contributed by atoms with van der Waals surface area (Å²) in [4.78, 5) is 9.95. The SMILES string of the molecule is CCc1cnc(CCNC(=NC)NCc2oc3ccc(F)cc3c2C)s1.I. The van der Waals surface area contributed by atoms with Gasteiger partial charge < -0.3 is 15.1 Å². The minimum Gasteiger partial charge on any atom is -0.459 e. The zero-order valence-corrected chi connectivity index (χ0v) is 18.8. The van der Waals surface area contributed by atoms with Gasteiger partial charge >= 0.3 is 0 Å². The third-order valence-corrected chi connectivity index (χ3v) is 5.42. The Bertz CT molecular complexity index is 922. The summed E-state index contributed by atoms with van der Waals surface area (Å²) in [6.07, 6.45) is 3.82. The molecule has 0 aliphatic carbocycles. The number of thiazole rings is 1. The van der Waals surface area contributed by atoms with Crippen LogP contribution in [0.15, 0.2) is 33.8 Å². The van der Waals surface area contributed by atoms with E-state index in [-0.39, 0.29) is 29.8 Å². The summed E-state index contributed by atoms with van der Waals surface area (Å²) in [5.74, 6) is 1.22. The highest BCUT2D eigenvalue weighted by atomic mass is 127. The van der Waals surface area contributed by atoms with Gasteiger partial charge in [-0.2, -0.15) is 0 Å². The van der Waals surface area contributed by atoms with Crippen LogP contribution in [0.4, 0.5) is 4.39 Å². The number of benzene rings is 1. The molecule has 3 rings (SSSR count). The van der Waals surface area contributed by atoms with Gasteiger partial charge in [-0.25, -0.2) is 9.37 Å². The Labute approximate surface area is 179 Å². The molecule has 0 radical (unpaired) electrons. The first-order chi connectivity index (χ1) is 12.6. The van der Waals surface area contributed by atoms with E-state index in [1.807, 2.05) is 13.1 Å². The number of aromatic nitrogens is 1. The number of fused-ring (bicyclic) bond motifs is 1. The van der Waals surface area contributed by atoms with Crippen LogP contribution in [0.2, 0.25) is 0 Å². The molecule has 1 aromatic carbocycles. The molecule has 5 nitrogen and oxygen atoms in total. The fraction of sp³-hybridized carbons (Fsp3) is 0.368. The molecule has 2 heterocycles. The van der Waals surface area contributed by atoms with Crippen LogP contribution in [0.5, 0.6) is 0 Å². The number of nitrogens with one attached hydrogen (secondary N) is 2. The Balaban J connectivity index is 0.00000261. The maximum absolute atomic E-state index is 13.4. The molecule has 0 aliphatic rings. The predicted molar refractivity (Wildman–Crippen MR) is 120 cm³/mol. The van der Waals surface area contributed by atoms with E-state index in [1.165, 1.54) is 17.0 Å². The first-order valence-electron chi connectivity index (χ1n) is 8.66. The molecule has 0 unspecified atom stereocenters. The highest BCUT2D eigenvalue weighted by Crippen LogP contribution is 2.25. The van der Waals surface area contributed by atoms with E-state index in [0.717, 1.165) is 41.1 Å². The summed E-state index contributed by atoms with van der Waals surface area (Å²) in [7, 11) is 1.73. The minimum atomic E-state index is -0.258. The molecule has 0 atom stereocenters. The average molecular weight is 502 g/mol. The Morgan fingerprint density at radius 2 is 2.15 bits per heavy atom. The zero-order chi connectivity index (χ0) is 18.5. The van der Waals surface area contributed by atoms with E-state index in [4.69, 9.17) is 4.42 Å². The largest absolute Gasteiger partial charge is 0.459 e. The number of aliphatic imine (C=N–C) groups is 1. The molecule has 3 aromatic rings. The number of rotatable bonds is 6. The summed E-state index contributed by atoms with van der Waals surface area (Å²) in [6, 6.07) is 4.57. The number of nitrogens with zero attached hydrogens (tertiary/aromatic N) is 2. The van der Waals surface area contributed by atoms with Crippen molar-refractivity contribution in [3.05, 3.63) is 51.4 Å². The van der Waals surface area contributed by atoms with Gasteiger partial charge in [-0.15, -0.1) is 35.3 Å². The highest BCUT2D eigenvalue weighted by molar-refractivity contribution is 14.0. The summed E-state index contributed by atoms with van der Waals surface area (Å²) < 4.78 is 19.2. The zero-order valence-electron chi connectivity index (χ0n) is 15.6. The van der Waals surface area contributed by atoms with Crippen LogP contribution >= 0.6 is 35.3 Å². The van der Waals surface area contributed by atoms with Gasteiger partial charge in [0.2, 0.25) is 0 Å². The van der Waals surface area contributed by atoms with E-state index in [9.17, 15) is 4.39 Å². The van der Waals surface area contributed by atoms with E-state index in [0.29, 0.717) is 18.1 Å². The average Bonchev–Trinajstić information content (AvgIpc) is 3.23. The summed E-state index contributed by atoms with van der Waals surface area (Å²) >= 11 is 1.75. The van der Waals surface area contributed by atoms with Gasteiger partial charge in [0.05, 0.1) is 11.6 Å². The smallest absolute Gasteiger partial charge is 0.191 e. The van der Waals surface area contributed by atoms with Crippen molar-refractivity contribution in [3.8, 4) is 0 Å². The van der Waals surface area contributed by atoms with Crippen molar-refractivity contribution in [2.75, 3.05) is 13.6 Å². The van der Waals surface area contributed by atoms with Gasteiger partial charge in [-0.1, -0.05) is 6.92 Å². The second kappa shape index (κ2) is 10.0. The van der Waals surface area contributed by atoms with E-state index in [2.05, 4.69) is 27.5 Å². The summed E-state index contributed by atoms with van der Waals surface area (Å²) in [5, 5.41) is 8.45. The molecule has 2 N–H and O–H groups in total. The second-order valence-corrected chi connectivity index (χ2v) is 7.17. The van der Waals surface area contributed by atoms with Gasteiger partial charge in [0, 0.05) is 42.0 Å². The standard InChI is InChI=1S/C19H23FN4OS.HI/c1-4-14-10-23-18(26-14)7-8-22-19(21-3)24-11-17-12(2)15-9-13(20)5-6-16(15)25-17;/h5-6,9-10H,4,7-8,11H2,1-3H3,(H2,21,22,24);1H. The molecular weight excluding hydrogens is 478 g/mol. The van der Waals surface area contributed by atoms with E-state index < -0.39 is 0 Å². The summed E-state index contributed by atoms with van der Waals surface area (Å²) in [5.41, 5.74) is 1.64. The van der Waals surface area contributed by atoms with Crippen molar-refractivity contribution in [2.24, 2.45) is 4.99 Å². The van der Waals surface area contributed by atoms with Crippen LogP contribution in [0.25, 0.3) is 11.0 Å². The monoisotopic (exact) mass is 502 g/mol. The second-order valence-electron chi connectivity index (χ2n) is 5.97. The molecule has 0 saturated heterocycles. The lowest BCUT2D eigenvalue weighted by Gasteiger charge is -2.10. The lowest BCUT2D eigenvalue weighted by molar-refractivity contribution is 0.534. The quantitative estimate of drug-likeness (QED) is 0.298. The lowest BCUT2D eigenvalue weighted by Crippen LogP contribution is -2.37. The van der Waals surface area contributed by atoms with Crippen molar-refractivity contribution in [2.45, 2.75) is 33.2 Å². The number of aryl methyl sites for hydroxylation is 2. The van der Waals surface area contributed by atoms with Gasteiger partial charge in [0.25, 0.3) is 0 Å². The Kier molecular flexibility index (Phi) is 8.03. The molecule has 27 heavy (non-hydrogen) atoms. The molecule has 0 spiro atoms. The molecule has 0 fully saturated rings. The lowest BCUT2D eigenvalue weighted by atomic mass is 10.1. The third-order valence-electron chi connectivity index (χ3n) is 4.22. The van der Waals surface area contributed by atoms with Gasteiger partial charge in [0.15, 0.2) is 5.96 Å². The first kappa shape index (κ1) is 21.6. The Morgan fingerprint density at radius 1 is 1.33 bits per heavy atom. The van der Waals surface area contributed by atoms with Crippen LogP contribution in [-0.4, -0.2) is 24.5 Å². The third kappa shape index (κ3) is 5.41. The van der Waals surface area contributed by atoms with Crippen molar-refractivity contribution >= 4 is 52.2 Å². The maximum atomic E-state index is 13.4. The molecule has 2 aromatic heterocycles. The molecule has 146 valence electrons. The van der Waals surface area contributed by atoms with Gasteiger partial charge in [-0.05, 0) is 31.5 Å². The van der Waals surface area contributed by atoms with Crippen LogP contribution in [0.1, 0.15) is 28.1 Å². The van der Waals surface area contributed by atoms with Crippen molar-refractivity contribution in [3.63, 3.8) is 0 Å². The van der Waals surface area contributed by atoms with Gasteiger partial charge in [0.1, 0.15) is 17.2 Å². The molecular formula is C19H24FIN4OS. The number of furan rings is 1. The fourth-order valence-electron chi connectivity index (χ4n) is 2.71.